The molecule has 1 aromatic carbocycles. The minimum Gasteiger partial charge on any atom is -0.378 e. The summed E-state index contributed by atoms with van der Waals surface area (Å²) in [4.78, 5) is 27.5. The van der Waals surface area contributed by atoms with E-state index in [1.165, 1.54) is 0 Å². The van der Waals surface area contributed by atoms with Gasteiger partial charge in [0.05, 0.1) is 29.5 Å². The number of morpholine rings is 1. The molecule has 1 N–H and O–H groups in total. The Bertz CT molecular complexity index is 955. The number of aromatic nitrogens is 3. The number of aryl methyl sites for hydroxylation is 1. The van der Waals surface area contributed by atoms with E-state index in [0.717, 1.165) is 47.7 Å². The third-order valence-electron chi connectivity index (χ3n) is 4.16. The molecule has 0 radical (unpaired) electrons. The van der Waals surface area contributed by atoms with Gasteiger partial charge in [0.2, 0.25) is 5.95 Å². The number of thiazole rings is 1. The van der Waals surface area contributed by atoms with E-state index in [1.54, 1.807) is 35.7 Å². The van der Waals surface area contributed by atoms with Gasteiger partial charge in [-0.3, -0.25) is 0 Å². The molecule has 3 aromatic rings. The zero-order valence-corrected chi connectivity index (χ0v) is 15.6. The number of hydrogen-bond acceptors (Lipinski definition) is 9. The van der Waals surface area contributed by atoms with E-state index >= 15 is 0 Å². The second-order valence-electron chi connectivity index (χ2n) is 6.04. The van der Waals surface area contributed by atoms with E-state index in [2.05, 4.69) is 25.4 Å². The first kappa shape index (κ1) is 17.5. The zero-order valence-electron chi connectivity index (χ0n) is 14.8. The average Bonchev–Trinajstić information content (AvgIpc) is 3.11. The number of ether oxygens (including phenoxy) is 1. The van der Waals surface area contributed by atoms with Crippen molar-refractivity contribution in [2.45, 2.75) is 6.92 Å². The van der Waals surface area contributed by atoms with Gasteiger partial charge in [0, 0.05) is 25.0 Å². The lowest BCUT2D eigenvalue weighted by atomic mass is 10.3. The summed E-state index contributed by atoms with van der Waals surface area (Å²) in [6.45, 7) is 5.15. The highest BCUT2D eigenvalue weighted by Crippen LogP contribution is 2.34. The molecule has 0 unspecified atom stereocenters. The van der Waals surface area contributed by atoms with Gasteiger partial charge >= 0.3 is 0 Å². The van der Waals surface area contributed by atoms with Crippen molar-refractivity contribution in [2.24, 2.45) is 5.18 Å². The molecule has 0 saturated carbocycles. The lowest BCUT2D eigenvalue weighted by molar-refractivity contribution is 0.122. The number of nitrogens with one attached hydrogen (secondary N) is 1. The van der Waals surface area contributed by atoms with Crippen LogP contribution in [-0.4, -0.2) is 41.3 Å². The van der Waals surface area contributed by atoms with Crippen molar-refractivity contribution >= 4 is 33.8 Å². The van der Waals surface area contributed by atoms with E-state index in [4.69, 9.17) is 9.72 Å². The Kier molecular flexibility index (Phi) is 5.03. The Balaban J connectivity index is 1.58. The Morgan fingerprint density at radius 3 is 2.89 bits per heavy atom. The lowest BCUT2D eigenvalue weighted by Gasteiger charge is -2.26. The molecule has 3 heterocycles. The van der Waals surface area contributed by atoms with Gasteiger partial charge in [-0.15, -0.1) is 4.91 Å². The minimum atomic E-state index is 0.351. The summed E-state index contributed by atoms with van der Waals surface area (Å²) in [5.41, 5.74) is 2.81. The van der Waals surface area contributed by atoms with Gasteiger partial charge in [0.1, 0.15) is 5.69 Å². The van der Waals surface area contributed by atoms with E-state index in [9.17, 15) is 4.91 Å². The molecule has 2 aromatic heterocycles. The van der Waals surface area contributed by atoms with E-state index in [-0.39, 0.29) is 0 Å². The Morgan fingerprint density at radius 1 is 1.22 bits per heavy atom. The summed E-state index contributed by atoms with van der Waals surface area (Å²) in [7, 11) is 0. The fourth-order valence-electron chi connectivity index (χ4n) is 2.82. The standard InChI is InChI=1S/C18H18N6O2S/c1-12-16(27-18(20-12)24-7-9-26-10-8-24)15-5-6-19-17(22-15)21-13-3-2-4-14(11-13)23-25/h2-6,11H,7-10H2,1H3,(H,19,21,22). The molecule has 0 bridgehead atoms. The van der Waals surface area contributed by atoms with E-state index in [0.29, 0.717) is 17.3 Å². The number of rotatable bonds is 5. The summed E-state index contributed by atoms with van der Waals surface area (Å²) >= 11 is 1.63. The third-order valence-corrected chi connectivity index (χ3v) is 5.40. The molecule has 9 heteroatoms. The fraction of sp³-hybridized carbons (Fsp3) is 0.278. The molecule has 0 spiro atoms. The summed E-state index contributed by atoms with van der Waals surface area (Å²) in [5.74, 6) is 0.455. The van der Waals surface area contributed by atoms with Crippen molar-refractivity contribution in [3.05, 3.63) is 47.1 Å². The van der Waals surface area contributed by atoms with Crippen molar-refractivity contribution < 1.29 is 4.74 Å². The minimum absolute atomic E-state index is 0.351. The summed E-state index contributed by atoms with van der Waals surface area (Å²) in [6.07, 6.45) is 1.71. The van der Waals surface area contributed by atoms with Crippen molar-refractivity contribution in [3.63, 3.8) is 0 Å². The van der Waals surface area contributed by atoms with Crippen LogP contribution in [-0.2, 0) is 4.74 Å². The highest BCUT2D eigenvalue weighted by Gasteiger charge is 2.18. The van der Waals surface area contributed by atoms with Crippen LogP contribution < -0.4 is 10.2 Å². The van der Waals surface area contributed by atoms with Gasteiger partial charge in [0.25, 0.3) is 0 Å². The Hall–Kier alpha value is -2.91. The molecule has 1 aliphatic heterocycles. The van der Waals surface area contributed by atoms with Crippen molar-refractivity contribution in [1.82, 2.24) is 15.0 Å². The number of benzene rings is 1. The third kappa shape index (κ3) is 3.93. The van der Waals surface area contributed by atoms with E-state index in [1.807, 2.05) is 19.1 Å². The van der Waals surface area contributed by atoms with E-state index < -0.39 is 0 Å². The van der Waals surface area contributed by atoms with Gasteiger partial charge in [-0.05, 0) is 36.4 Å². The maximum atomic E-state index is 10.7. The lowest BCUT2D eigenvalue weighted by Crippen LogP contribution is -2.36. The maximum Gasteiger partial charge on any atom is 0.227 e. The zero-order chi connectivity index (χ0) is 18.6. The molecule has 27 heavy (non-hydrogen) atoms. The summed E-state index contributed by atoms with van der Waals surface area (Å²) < 4.78 is 5.41. The summed E-state index contributed by atoms with van der Waals surface area (Å²) in [6, 6.07) is 8.75. The highest BCUT2D eigenvalue weighted by atomic mass is 32.1. The molecular weight excluding hydrogens is 364 g/mol. The predicted octanol–water partition coefficient (Wildman–Crippen LogP) is 3.89. The SMILES string of the molecule is Cc1nc(N2CCOCC2)sc1-c1ccnc(Nc2cccc(N=O)c2)n1. The number of hydrogen-bond donors (Lipinski definition) is 1. The quantitative estimate of drug-likeness (QED) is 0.669. The highest BCUT2D eigenvalue weighted by molar-refractivity contribution is 7.19. The first-order valence-corrected chi connectivity index (χ1v) is 9.38. The average molecular weight is 382 g/mol. The second-order valence-corrected chi connectivity index (χ2v) is 7.02. The van der Waals surface area contributed by atoms with Crippen LogP contribution in [0.15, 0.2) is 41.7 Å². The normalized spacial score (nSPS) is 14.2. The van der Waals surface area contributed by atoms with Gasteiger partial charge < -0.3 is 15.0 Å². The van der Waals surface area contributed by atoms with Crippen LogP contribution in [0.4, 0.5) is 22.5 Å². The molecule has 4 rings (SSSR count). The molecular formula is C18H18N6O2S. The molecule has 8 nitrogen and oxygen atoms in total. The molecule has 1 fully saturated rings. The number of nitrogens with zero attached hydrogens (tertiary/aromatic N) is 5. The molecule has 0 aliphatic carbocycles. The first-order valence-electron chi connectivity index (χ1n) is 8.57. The van der Waals surface area contributed by atoms with Crippen molar-refractivity contribution in [1.29, 1.82) is 0 Å². The molecule has 0 atom stereocenters. The largest absolute Gasteiger partial charge is 0.378 e. The number of anilines is 3. The topological polar surface area (TPSA) is 92.6 Å². The van der Waals surface area contributed by atoms with Crippen LogP contribution in [0.2, 0.25) is 0 Å². The maximum absolute atomic E-state index is 10.7. The Labute approximate surface area is 160 Å². The molecule has 0 amide bonds. The van der Waals surface area contributed by atoms with Crippen LogP contribution >= 0.6 is 11.3 Å². The molecule has 1 aliphatic rings. The van der Waals surface area contributed by atoms with Gasteiger partial charge in [-0.25, -0.2) is 15.0 Å². The first-order chi connectivity index (χ1) is 13.2. The summed E-state index contributed by atoms with van der Waals surface area (Å²) in [5, 5.41) is 7.05. The monoisotopic (exact) mass is 382 g/mol. The van der Waals surface area contributed by atoms with Crippen molar-refractivity contribution in [2.75, 3.05) is 36.5 Å². The predicted molar refractivity (Wildman–Crippen MR) is 106 cm³/mol. The smallest absolute Gasteiger partial charge is 0.227 e. The Morgan fingerprint density at radius 2 is 2.07 bits per heavy atom. The number of nitroso groups, excluding NO2 is 1. The van der Waals surface area contributed by atoms with Gasteiger partial charge in [-0.2, -0.15) is 0 Å². The van der Waals surface area contributed by atoms with Crippen molar-refractivity contribution in [3.8, 4) is 10.6 Å². The van der Waals surface area contributed by atoms with Crippen LogP contribution in [0, 0.1) is 11.8 Å². The second kappa shape index (κ2) is 7.77. The van der Waals surface area contributed by atoms with Crippen LogP contribution in [0.25, 0.3) is 10.6 Å². The van der Waals surface area contributed by atoms with Gasteiger partial charge in [-0.1, -0.05) is 17.4 Å². The van der Waals surface area contributed by atoms with Crippen LogP contribution in [0.5, 0.6) is 0 Å². The fourth-order valence-corrected chi connectivity index (χ4v) is 3.91. The molecule has 1 saturated heterocycles. The van der Waals surface area contributed by atoms with Crippen LogP contribution in [0.1, 0.15) is 5.69 Å². The molecule has 138 valence electrons. The van der Waals surface area contributed by atoms with Gasteiger partial charge in [0.15, 0.2) is 5.13 Å². The van der Waals surface area contributed by atoms with Crippen LogP contribution in [0.3, 0.4) is 0 Å².